The summed E-state index contributed by atoms with van der Waals surface area (Å²) in [5, 5.41) is 7.73. The number of hydrogen-bond acceptors (Lipinski definition) is 2. The molecule has 0 radical (unpaired) electrons. The van der Waals surface area contributed by atoms with Gasteiger partial charge in [0, 0.05) is 29.2 Å². The molecule has 2 atom stereocenters. The summed E-state index contributed by atoms with van der Waals surface area (Å²) < 4.78 is 0. The Balaban J connectivity index is 1.75. The molecule has 2 unspecified atom stereocenters. The van der Waals surface area contributed by atoms with Gasteiger partial charge in [-0.05, 0) is 51.7 Å². The second-order valence-corrected chi connectivity index (χ2v) is 8.29. The Hall–Kier alpha value is -1.02. The highest BCUT2D eigenvalue weighted by Gasteiger charge is 2.33. The maximum Gasteiger partial charge on any atom is 0.0399 e. The van der Waals surface area contributed by atoms with Crippen LogP contribution < -0.4 is 10.6 Å². The summed E-state index contributed by atoms with van der Waals surface area (Å²) in [6.45, 7) is 6.79. The van der Waals surface area contributed by atoms with Crippen molar-refractivity contribution in [3.63, 3.8) is 0 Å². The van der Waals surface area contributed by atoms with Crippen LogP contribution in [-0.2, 0) is 0 Å². The Labute approximate surface area is 142 Å². The quantitative estimate of drug-likeness (QED) is 0.709. The van der Waals surface area contributed by atoms with E-state index < -0.39 is 0 Å². The number of nitrogens with one attached hydrogen (secondary N) is 2. The molecule has 0 amide bonds. The van der Waals surface area contributed by atoms with Crippen LogP contribution in [0.15, 0.2) is 35.6 Å². The van der Waals surface area contributed by atoms with Crippen LogP contribution >= 0.6 is 0 Å². The van der Waals surface area contributed by atoms with E-state index in [9.17, 15) is 0 Å². The monoisotopic (exact) mass is 314 g/mol. The summed E-state index contributed by atoms with van der Waals surface area (Å²) in [6.07, 6.45) is 20.5. The highest BCUT2D eigenvalue weighted by atomic mass is 15.0. The first kappa shape index (κ1) is 16.8. The van der Waals surface area contributed by atoms with Crippen molar-refractivity contribution < 1.29 is 0 Å². The van der Waals surface area contributed by atoms with Gasteiger partial charge in [0.2, 0.25) is 0 Å². The first-order chi connectivity index (χ1) is 11.0. The molecule has 0 aromatic rings. The van der Waals surface area contributed by atoms with E-state index in [1.54, 1.807) is 0 Å². The largest absolute Gasteiger partial charge is 0.383 e. The Morgan fingerprint density at radius 1 is 1.04 bits per heavy atom. The van der Waals surface area contributed by atoms with Crippen molar-refractivity contribution in [2.75, 3.05) is 0 Å². The number of allylic oxidation sites excluding steroid dienone is 2. The van der Waals surface area contributed by atoms with E-state index >= 15 is 0 Å². The maximum absolute atomic E-state index is 3.96. The van der Waals surface area contributed by atoms with Crippen LogP contribution in [0.5, 0.6) is 0 Å². The van der Waals surface area contributed by atoms with Crippen molar-refractivity contribution in [2.24, 2.45) is 5.41 Å². The molecule has 2 fully saturated rings. The minimum absolute atomic E-state index is 0.0856. The SMILES string of the molecule is CC(C)=CC1(C)C=CC(NC2CCCC2)=CC1NC1CCCC1. The Morgan fingerprint density at radius 2 is 1.65 bits per heavy atom. The van der Waals surface area contributed by atoms with Crippen molar-refractivity contribution >= 4 is 0 Å². The van der Waals surface area contributed by atoms with Gasteiger partial charge >= 0.3 is 0 Å². The van der Waals surface area contributed by atoms with Gasteiger partial charge in [-0.1, -0.05) is 50.3 Å². The summed E-state index contributed by atoms with van der Waals surface area (Å²) in [6, 6.07) is 1.78. The van der Waals surface area contributed by atoms with Gasteiger partial charge < -0.3 is 10.6 Å². The zero-order valence-corrected chi connectivity index (χ0v) is 15.2. The molecule has 0 heterocycles. The summed E-state index contributed by atoms with van der Waals surface area (Å²) in [4.78, 5) is 0. The lowest BCUT2D eigenvalue weighted by Crippen LogP contribution is -2.47. The minimum Gasteiger partial charge on any atom is -0.383 e. The van der Waals surface area contributed by atoms with Gasteiger partial charge in [0.15, 0.2) is 0 Å². The molecule has 2 heteroatoms. The van der Waals surface area contributed by atoms with Crippen LogP contribution in [0.3, 0.4) is 0 Å². The number of rotatable bonds is 5. The van der Waals surface area contributed by atoms with Gasteiger partial charge in [-0.15, -0.1) is 0 Å². The zero-order chi connectivity index (χ0) is 16.3. The van der Waals surface area contributed by atoms with Gasteiger partial charge in [0.1, 0.15) is 0 Å². The van der Waals surface area contributed by atoms with Gasteiger partial charge in [0.25, 0.3) is 0 Å². The lowest BCUT2D eigenvalue weighted by molar-refractivity contribution is 0.351. The fraction of sp³-hybridized carbons (Fsp3) is 0.714. The molecule has 3 aliphatic carbocycles. The molecule has 3 aliphatic rings. The molecular formula is C21H34N2. The van der Waals surface area contributed by atoms with Crippen LogP contribution in [0.25, 0.3) is 0 Å². The van der Waals surface area contributed by atoms with Crippen molar-refractivity contribution in [1.29, 1.82) is 0 Å². The van der Waals surface area contributed by atoms with E-state index in [1.165, 1.54) is 62.6 Å². The summed E-state index contributed by atoms with van der Waals surface area (Å²) >= 11 is 0. The van der Waals surface area contributed by atoms with Crippen molar-refractivity contribution in [2.45, 2.75) is 90.3 Å². The van der Waals surface area contributed by atoms with Crippen LogP contribution in [0.1, 0.15) is 72.1 Å². The summed E-state index contributed by atoms with van der Waals surface area (Å²) in [5.74, 6) is 0. The molecule has 0 spiro atoms. The molecule has 23 heavy (non-hydrogen) atoms. The highest BCUT2D eigenvalue weighted by Crippen LogP contribution is 2.34. The van der Waals surface area contributed by atoms with Crippen molar-refractivity contribution in [3.05, 3.63) is 35.6 Å². The Morgan fingerprint density at radius 3 is 2.26 bits per heavy atom. The van der Waals surface area contributed by atoms with E-state index in [1.807, 2.05) is 0 Å². The van der Waals surface area contributed by atoms with E-state index in [4.69, 9.17) is 0 Å². The van der Waals surface area contributed by atoms with E-state index in [0.29, 0.717) is 18.1 Å². The fourth-order valence-electron chi connectivity index (χ4n) is 4.52. The van der Waals surface area contributed by atoms with E-state index in [-0.39, 0.29) is 5.41 Å². The maximum atomic E-state index is 3.96. The normalized spacial score (nSPS) is 32.1. The Kier molecular flexibility index (Phi) is 5.31. The molecule has 2 saturated carbocycles. The predicted molar refractivity (Wildman–Crippen MR) is 99.3 cm³/mol. The third-order valence-corrected chi connectivity index (χ3v) is 5.73. The molecule has 0 bridgehead atoms. The lowest BCUT2D eigenvalue weighted by atomic mass is 9.77. The third-order valence-electron chi connectivity index (χ3n) is 5.73. The lowest BCUT2D eigenvalue weighted by Gasteiger charge is -2.37. The molecule has 3 rings (SSSR count). The molecule has 0 aromatic carbocycles. The smallest absolute Gasteiger partial charge is 0.0399 e. The van der Waals surface area contributed by atoms with Gasteiger partial charge in [0.05, 0.1) is 0 Å². The second kappa shape index (κ2) is 7.25. The fourth-order valence-corrected chi connectivity index (χ4v) is 4.52. The first-order valence-corrected chi connectivity index (χ1v) is 9.65. The Bertz CT molecular complexity index is 486. The summed E-state index contributed by atoms with van der Waals surface area (Å²) in [5.41, 5.74) is 2.81. The zero-order valence-electron chi connectivity index (χ0n) is 15.2. The third kappa shape index (κ3) is 4.29. The van der Waals surface area contributed by atoms with Crippen LogP contribution in [0.4, 0.5) is 0 Å². The molecule has 0 aromatic heterocycles. The van der Waals surface area contributed by atoms with Crippen LogP contribution in [-0.4, -0.2) is 18.1 Å². The summed E-state index contributed by atoms with van der Waals surface area (Å²) in [7, 11) is 0. The van der Waals surface area contributed by atoms with Gasteiger partial charge in [-0.3, -0.25) is 0 Å². The van der Waals surface area contributed by atoms with Crippen molar-refractivity contribution in [1.82, 2.24) is 10.6 Å². The topological polar surface area (TPSA) is 24.1 Å². The molecule has 0 saturated heterocycles. The number of hydrogen-bond donors (Lipinski definition) is 2. The van der Waals surface area contributed by atoms with E-state index in [2.05, 4.69) is 55.7 Å². The van der Waals surface area contributed by atoms with Crippen molar-refractivity contribution in [3.8, 4) is 0 Å². The molecule has 128 valence electrons. The molecule has 2 nitrogen and oxygen atoms in total. The average molecular weight is 315 g/mol. The van der Waals surface area contributed by atoms with Crippen LogP contribution in [0.2, 0.25) is 0 Å². The standard InChI is InChI=1S/C21H34N2/c1-16(2)15-21(3)13-12-19(22-17-8-4-5-9-17)14-20(21)23-18-10-6-7-11-18/h12-15,17-18,20,22-23H,4-11H2,1-3H3. The minimum atomic E-state index is 0.0856. The van der Waals surface area contributed by atoms with Gasteiger partial charge in [-0.2, -0.15) is 0 Å². The molecule has 0 aliphatic heterocycles. The molecule has 2 N–H and O–H groups in total. The predicted octanol–water partition coefficient (Wildman–Crippen LogP) is 4.85. The van der Waals surface area contributed by atoms with E-state index in [0.717, 1.165) is 0 Å². The molecular weight excluding hydrogens is 280 g/mol. The second-order valence-electron chi connectivity index (χ2n) is 8.29. The average Bonchev–Trinajstić information content (AvgIpc) is 3.15. The first-order valence-electron chi connectivity index (χ1n) is 9.65. The van der Waals surface area contributed by atoms with Gasteiger partial charge in [-0.25, -0.2) is 0 Å². The highest BCUT2D eigenvalue weighted by molar-refractivity contribution is 5.34. The van der Waals surface area contributed by atoms with Crippen LogP contribution in [0, 0.1) is 5.41 Å².